The van der Waals surface area contributed by atoms with Gasteiger partial charge in [0.2, 0.25) is 0 Å². The van der Waals surface area contributed by atoms with E-state index < -0.39 is 5.54 Å². The van der Waals surface area contributed by atoms with Crippen molar-refractivity contribution in [2.45, 2.75) is 51.6 Å². The minimum atomic E-state index is -0.474. The van der Waals surface area contributed by atoms with Crippen LogP contribution < -0.4 is 5.73 Å². The lowest BCUT2D eigenvalue weighted by Crippen LogP contribution is -2.35. The lowest BCUT2D eigenvalue weighted by molar-refractivity contribution is 0.417. The van der Waals surface area contributed by atoms with Crippen molar-refractivity contribution in [2.75, 3.05) is 0 Å². The Morgan fingerprint density at radius 1 is 1.29 bits per heavy atom. The van der Waals surface area contributed by atoms with Crippen LogP contribution in [0.15, 0.2) is 36.5 Å². The summed E-state index contributed by atoms with van der Waals surface area (Å²) in [6.45, 7) is 6.40. The van der Waals surface area contributed by atoms with Gasteiger partial charge in [-0.05, 0) is 43.5 Å². The molecule has 0 aliphatic carbocycles. The van der Waals surface area contributed by atoms with Gasteiger partial charge in [0.05, 0.1) is 11.7 Å². The first-order valence-electron chi connectivity index (χ1n) is 7.55. The van der Waals surface area contributed by atoms with Gasteiger partial charge in [0.15, 0.2) is 0 Å². The van der Waals surface area contributed by atoms with E-state index in [1.165, 1.54) is 0 Å². The van der Waals surface area contributed by atoms with Gasteiger partial charge in [0.25, 0.3) is 0 Å². The fourth-order valence-electron chi connectivity index (χ4n) is 2.66. The minimum absolute atomic E-state index is 0.467. The molecule has 2 rings (SSSR count). The second-order valence-electron chi connectivity index (χ2n) is 5.86. The van der Waals surface area contributed by atoms with Crippen LogP contribution in [-0.4, -0.2) is 9.78 Å². The van der Waals surface area contributed by atoms with Crippen molar-refractivity contribution in [1.82, 2.24) is 9.78 Å². The summed E-state index contributed by atoms with van der Waals surface area (Å²) in [6, 6.07) is 10.3. The third-order valence-electron chi connectivity index (χ3n) is 4.01. The summed E-state index contributed by atoms with van der Waals surface area (Å²) in [5.41, 5.74) is 8.06. The zero-order valence-electron chi connectivity index (χ0n) is 13.0. The summed E-state index contributed by atoms with van der Waals surface area (Å²) >= 11 is 6.06. The maximum atomic E-state index is 6.48. The Bertz CT molecular complexity index is 585. The van der Waals surface area contributed by atoms with Gasteiger partial charge in [-0.15, -0.1) is 0 Å². The predicted octanol–water partition coefficient (Wildman–Crippen LogP) is 4.31. The van der Waals surface area contributed by atoms with Crippen LogP contribution in [0.25, 0.3) is 0 Å². The van der Waals surface area contributed by atoms with E-state index in [9.17, 15) is 0 Å². The summed E-state index contributed by atoms with van der Waals surface area (Å²) in [6.07, 6.45) is 4.93. The monoisotopic (exact) mass is 305 g/mol. The molecule has 0 aliphatic rings. The number of halogens is 1. The number of nitrogens with two attached hydrogens (primary N) is 1. The van der Waals surface area contributed by atoms with Crippen LogP contribution >= 0.6 is 11.6 Å². The molecule has 3 nitrogen and oxygen atoms in total. The Morgan fingerprint density at radius 3 is 2.62 bits per heavy atom. The van der Waals surface area contributed by atoms with Crippen molar-refractivity contribution in [2.24, 2.45) is 5.73 Å². The van der Waals surface area contributed by atoms with Crippen molar-refractivity contribution in [1.29, 1.82) is 0 Å². The smallest absolute Gasteiger partial charge is 0.0646 e. The molecule has 0 bridgehead atoms. The predicted molar refractivity (Wildman–Crippen MR) is 88.5 cm³/mol. The molecule has 4 heteroatoms. The SMILES string of the molecule is CCC(CC)n1ccc(CC(C)(N)c2cccc(Cl)c2)n1. The Labute approximate surface area is 132 Å². The highest BCUT2D eigenvalue weighted by Gasteiger charge is 2.23. The molecule has 1 unspecified atom stereocenters. The summed E-state index contributed by atoms with van der Waals surface area (Å²) in [5.74, 6) is 0. The Morgan fingerprint density at radius 2 is 2.00 bits per heavy atom. The number of aromatic nitrogens is 2. The average molecular weight is 306 g/mol. The largest absolute Gasteiger partial charge is 0.321 e. The third-order valence-corrected chi connectivity index (χ3v) is 4.25. The molecule has 2 aromatic rings. The van der Waals surface area contributed by atoms with Crippen molar-refractivity contribution in [3.63, 3.8) is 0 Å². The lowest BCUT2D eigenvalue weighted by atomic mass is 9.88. The molecule has 0 saturated carbocycles. The second-order valence-corrected chi connectivity index (χ2v) is 6.30. The molecule has 2 N–H and O–H groups in total. The fourth-order valence-corrected chi connectivity index (χ4v) is 2.85. The zero-order valence-corrected chi connectivity index (χ0v) is 13.8. The van der Waals surface area contributed by atoms with Crippen molar-refractivity contribution in [3.8, 4) is 0 Å². The molecule has 0 aliphatic heterocycles. The van der Waals surface area contributed by atoms with E-state index in [2.05, 4.69) is 35.9 Å². The van der Waals surface area contributed by atoms with Crippen molar-refractivity contribution >= 4 is 11.6 Å². The highest BCUT2D eigenvalue weighted by molar-refractivity contribution is 6.30. The van der Waals surface area contributed by atoms with Gasteiger partial charge in [-0.1, -0.05) is 37.6 Å². The topological polar surface area (TPSA) is 43.8 Å². The van der Waals surface area contributed by atoms with Crippen LogP contribution in [0.1, 0.15) is 50.9 Å². The maximum absolute atomic E-state index is 6.48. The molecule has 0 amide bonds. The van der Waals surface area contributed by atoms with Gasteiger partial charge in [-0.3, -0.25) is 4.68 Å². The van der Waals surface area contributed by atoms with Gasteiger partial charge in [-0.25, -0.2) is 0 Å². The number of benzene rings is 1. The second kappa shape index (κ2) is 6.63. The van der Waals surface area contributed by atoms with Gasteiger partial charge >= 0.3 is 0 Å². The van der Waals surface area contributed by atoms with E-state index in [1.807, 2.05) is 31.2 Å². The van der Waals surface area contributed by atoms with Crippen LogP contribution in [-0.2, 0) is 12.0 Å². The first-order valence-corrected chi connectivity index (χ1v) is 7.93. The van der Waals surface area contributed by atoms with E-state index in [4.69, 9.17) is 17.3 Å². The normalized spacial score (nSPS) is 14.4. The van der Waals surface area contributed by atoms with Crippen LogP contribution in [0.3, 0.4) is 0 Å². The minimum Gasteiger partial charge on any atom is -0.321 e. The number of nitrogens with zero attached hydrogens (tertiary/aromatic N) is 2. The van der Waals surface area contributed by atoms with E-state index in [0.29, 0.717) is 17.5 Å². The molecule has 0 fully saturated rings. The zero-order chi connectivity index (χ0) is 15.5. The molecule has 1 heterocycles. The number of rotatable bonds is 6. The molecule has 1 aromatic heterocycles. The van der Waals surface area contributed by atoms with Gasteiger partial charge in [0.1, 0.15) is 0 Å². The Balaban J connectivity index is 2.17. The van der Waals surface area contributed by atoms with E-state index in [0.717, 1.165) is 24.1 Å². The van der Waals surface area contributed by atoms with Crippen LogP contribution in [0.5, 0.6) is 0 Å². The van der Waals surface area contributed by atoms with Crippen molar-refractivity contribution in [3.05, 3.63) is 52.8 Å². The van der Waals surface area contributed by atoms with E-state index >= 15 is 0 Å². The summed E-state index contributed by atoms with van der Waals surface area (Å²) in [5, 5.41) is 5.40. The average Bonchev–Trinajstić information content (AvgIpc) is 2.88. The third kappa shape index (κ3) is 3.86. The first kappa shape index (κ1) is 16.1. The molecular formula is C17H24ClN3. The Kier molecular flexibility index (Phi) is 5.07. The van der Waals surface area contributed by atoms with E-state index in [1.54, 1.807) is 0 Å². The quantitative estimate of drug-likeness (QED) is 0.864. The Hall–Kier alpha value is -1.32. The maximum Gasteiger partial charge on any atom is 0.0646 e. The molecule has 114 valence electrons. The molecule has 21 heavy (non-hydrogen) atoms. The lowest BCUT2D eigenvalue weighted by Gasteiger charge is -2.24. The van der Waals surface area contributed by atoms with Gasteiger partial charge in [0, 0.05) is 23.2 Å². The van der Waals surface area contributed by atoms with Gasteiger partial charge < -0.3 is 5.73 Å². The highest BCUT2D eigenvalue weighted by atomic mass is 35.5. The first-order chi connectivity index (χ1) is 9.96. The summed E-state index contributed by atoms with van der Waals surface area (Å²) in [7, 11) is 0. The molecule has 0 spiro atoms. The fraction of sp³-hybridized carbons (Fsp3) is 0.471. The number of hydrogen-bond acceptors (Lipinski definition) is 2. The van der Waals surface area contributed by atoms with Gasteiger partial charge in [-0.2, -0.15) is 5.10 Å². The standard InChI is InChI=1S/C17H24ClN3/c1-4-16(5-2)21-10-9-15(20-21)12-17(3,19)13-7-6-8-14(18)11-13/h6-11,16H,4-5,12,19H2,1-3H3. The van der Waals surface area contributed by atoms with Crippen LogP contribution in [0, 0.1) is 0 Å². The molecule has 1 aromatic carbocycles. The molecule has 1 atom stereocenters. The van der Waals surface area contributed by atoms with E-state index in [-0.39, 0.29) is 0 Å². The number of hydrogen-bond donors (Lipinski definition) is 1. The molecular weight excluding hydrogens is 282 g/mol. The summed E-state index contributed by atoms with van der Waals surface area (Å²) in [4.78, 5) is 0. The van der Waals surface area contributed by atoms with Crippen LogP contribution in [0.4, 0.5) is 0 Å². The van der Waals surface area contributed by atoms with Crippen molar-refractivity contribution < 1.29 is 0 Å². The highest BCUT2D eigenvalue weighted by Crippen LogP contribution is 2.25. The molecule has 0 saturated heterocycles. The molecule has 0 radical (unpaired) electrons. The van der Waals surface area contributed by atoms with Crippen LogP contribution in [0.2, 0.25) is 5.02 Å². The summed E-state index contributed by atoms with van der Waals surface area (Å²) < 4.78 is 2.06.